The quantitative estimate of drug-likeness (QED) is 0.543. The van der Waals surface area contributed by atoms with Gasteiger partial charge in [-0.05, 0) is 85.9 Å². The molecule has 4 heteroatoms. The van der Waals surface area contributed by atoms with Crippen LogP contribution in [0.25, 0.3) is 0 Å². The number of guanidine groups is 1. The highest BCUT2D eigenvalue weighted by Gasteiger charge is 2.59. The van der Waals surface area contributed by atoms with Crippen LogP contribution < -0.4 is 5.43 Å². The van der Waals surface area contributed by atoms with Gasteiger partial charge in [0.1, 0.15) is 0 Å². The van der Waals surface area contributed by atoms with E-state index < -0.39 is 0 Å². The van der Waals surface area contributed by atoms with Gasteiger partial charge in [0, 0.05) is 25.7 Å². The molecule has 1 heterocycles. The standard InChI is InChI=1S/C24H40N4/c1-23-12-5-4-6-17(23)7-9-19-20-10-8-18(24(20,2)13-11-21(19)23)16-26-27-22-25-14-15-28(22)3/h16-21H,4-15H2,1-3H3,(H,25,27)/b26-16+/t17-,18+,19-,20-,21-,23-,24+/m0/s1. The molecule has 0 amide bonds. The number of hydrazone groups is 1. The van der Waals surface area contributed by atoms with Crippen LogP contribution in [0, 0.1) is 40.4 Å². The number of hydrogen-bond acceptors (Lipinski definition) is 4. The van der Waals surface area contributed by atoms with Crippen LogP contribution in [-0.4, -0.2) is 37.2 Å². The third kappa shape index (κ3) is 2.84. The van der Waals surface area contributed by atoms with E-state index in [0.717, 1.165) is 42.7 Å². The largest absolute Gasteiger partial charge is 0.343 e. The Bertz CT molecular complexity index is 657. The molecule has 4 fully saturated rings. The van der Waals surface area contributed by atoms with Gasteiger partial charge in [-0.1, -0.05) is 26.7 Å². The molecule has 0 unspecified atom stereocenters. The van der Waals surface area contributed by atoms with Gasteiger partial charge in [-0.2, -0.15) is 5.10 Å². The second-order valence-corrected chi connectivity index (χ2v) is 11.1. The molecular weight excluding hydrogens is 344 g/mol. The molecule has 0 aromatic heterocycles. The number of rotatable bonds is 2. The highest BCUT2D eigenvalue weighted by atomic mass is 15.4. The van der Waals surface area contributed by atoms with Crippen LogP contribution in [0.5, 0.6) is 0 Å². The summed E-state index contributed by atoms with van der Waals surface area (Å²) >= 11 is 0. The fourth-order valence-electron chi connectivity index (χ4n) is 8.42. The van der Waals surface area contributed by atoms with Crippen molar-refractivity contribution >= 4 is 12.2 Å². The molecule has 4 nitrogen and oxygen atoms in total. The molecule has 28 heavy (non-hydrogen) atoms. The molecule has 0 radical (unpaired) electrons. The predicted molar refractivity (Wildman–Crippen MR) is 116 cm³/mol. The zero-order chi connectivity index (χ0) is 19.4. The van der Waals surface area contributed by atoms with Gasteiger partial charge in [0.2, 0.25) is 5.96 Å². The molecule has 1 N–H and O–H groups in total. The second-order valence-electron chi connectivity index (χ2n) is 11.1. The topological polar surface area (TPSA) is 40.0 Å². The Labute approximate surface area is 171 Å². The van der Waals surface area contributed by atoms with Crippen molar-refractivity contribution in [2.24, 2.45) is 50.5 Å². The molecule has 0 spiro atoms. The summed E-state index contributed by atoms with van der Waals surface area (Å²) < 4.78 is 0. The summed E-state index contributed by atoms with van der Waals surface area (Å²) in [5.41, 5.74) is 4.34. The van der Waals surface area contributed by atoms with E-state index in [-0.39, 0.29) is 0 Å². The Morgan fingerprint density at radius 3 is 2.68 bits per heavy atom. The third-order valence-corrected chi connectivity index (χ3v) is 10.1. The molecule has 156 valence electrons. The van der Waals surface area contributed by atoms with Crippen molar-refractivity contribution in [1.29, 1.82) is 0 Å². The lowest BCUT2D eigenvalue weighted by atomic mass is 9.45. The molecule has 0 aromatic carbocycles. The fraction of sp³-hybridized carbons (Fsp3) is 0.917. The highest BCUT2D eigenvalue weighted by Crippen LogP contribution is 2.67. The summed E-state index contributed by atoms with van der Waals surface area (Å²) in [5.74, 6) is 5.50. The highest BCUT2D eigenvalue weighted by molar-refractivity contribution is 5.81. The van der Waals surface area contributed by atoms with Crippen LogP contribution in [0.2, 0.25) is 0 Å². The summed E-state index contributed by atoms with van der Waals surface area (Å²) in [6.07, 6.45) is 16.9. The van der Waals surface area contributed by atoms with E-state index in [1.807, 2.05) is 0 Å². The van der Waals surface area contributed by atoms with E-state index in [0.29, 0.717) is 16.7 Å². The van der Waals surface area contributed by atoms with Gasteiger partial charge >= 0.3 is 0 Å². The summed E-state index contributed by atoms with van der Waals surface area (Å²) in [5, 5.41) is 4.66. The molecule has 4 aliphatic carbocycles. The molecular formula is C24H40N4. The molecule has 5 rings (SSSR count). The normalized spacial score (nSPS) is 48.2. The van der Waals surface area contributed by atoms with E-state index >= 15 is 0 Å². The Morgan fingerprint density at radius 1 is 1.00 bits per heavy atom. The molecule has 0 saturated heterocycles. The second kappa shape index (κ2) is 7.02. The van der Waals surface area contributed by atoms with Crippen molar-refractivity contribution in [3.8, 4) is 0 Å². The van der Waals surface area contributed by atoms with E-state index in [9.17, 15) is 0 Å². The van der Waals surface area contributed by atoms with E-state index in [2.05, 4.69) is 47.5 Å². The number of aliphatic imine (C=N–C) groups is 1. The maximum absolute atomic E-state index is 4.66. The first-order valence-electron chi connectivity index (χ1n) is 12.1. The molecule has 0 aromatic rings. The van der Waals surface area contributed by atoms with Gasteiger partial charge < -0.3 is 4.90 Å². The zero-order valence-corrected chi connectivity index (χ0v) is 18.3. The van der Waals surface area contributed by atoms with Gasteiger partial charge in [0.05, 0.1) is 6.54 Å². The summed E-state index contributed by atoms with van der Waals surface area (Å²) in [6.45, 7) is 7.18. The maximum Gasteiger partial charge on any atom is 0.214 e. The number of fused-ring (bicyclic) bond motifs is 5. The van der Waals surface area contributed by atoms with Crippen molar-refractivity contribution in [3.63, 3.8) is 0 Å². The lowest BCUT2D eigenvalue weighted by Crippen LogP contribution is -2.52. The lowest BCUT2D eigenvalue weighted by molar-refractivity contribution is -0.106. The number of nitrogens with one attached hydrogen (secondary N) is 1. The monoisotopic (exact) mass is 384 g/mol. The smallest absolute Gasteiger partial charge is 0.214 e. The summed E-state index contributed by atoms with van der Waals surface area (Å²) in [6, 6.07) is 0. The summed E-state index contributed by atoms with van der Waals surface area (Å²) in [4.78, 5) is 6.66. The van der Waals surface area contributed by atoms with Crippen molar-refractivity contribution < 1.29 is 0 Å². The maximum atomic E-state index is 4.66. The minimum absolute atomic E-state index is 0.466. The average molecular weight is 385 g/mol. The molecule has 4 saturated carbocycles. The number of hydrogen-bond donors (Lipinski definition) is 1. The van der Waals surface area contributed by atoms with Crippen molar-refractivity contribution in [2.45, 2.75) is 78.1 Å². The van der Waals surface area contributed by atoms with Gasteiger partial charge in [-0.25, -0.2) is 10.4 Å². The van der Waals surface area contributed by atoms with E-state index in [4.69, 9.17) is 0 Å². The van der Waals surface area contributed by atoms with Gasteiger partial charge in [0.25, 0.3) is 0 Å². The van der Waals surface area contributed by atoms with Gasteiger partial charge in [-0.15, -0.1) is 0 Å². The third-order valence-electron chi connectivity index (χ3n) is 10.1. The fourth-order valence-corrected chi connectivity index (χ4v) is 8.42. The lowest BCUT2D eigenvalue weighted by Gasteiger charge is -2.60. The SMILES string of the molecule is CN1CCN=C1N/N=C/[C@H]1CC[C@H]2[C@@H]3CC[C@@H]4CCCC[C@]4(C)[C@H]3CC[C@]12C. The van der Waals surface area contributed by atoms with Crippen LogP contribution >= 0.6 is 0 Å². The molecule has 5 aliphatic rings. The van der Waals surface area contributed by atoms with Crippen LogP contribution in [-0.2, 0) is 0 Å². The minimum Gasteiger partial charge on any atom is -0.343 e. The first-order valence-corrected chi connectivity index (χ1v) is 12.1. The van der Waals surface area contributed by atoms with Crippen LogP contribution in [0.4, 0.5) is 0 Å². The van der Waals surface area contributed by atoms with E-state index in [1.165, 1.54) is 64.2 Å². The molecule has 0 bridgehead atoms. The van der Waals surface area contributed by atoms with Crippen molar-refractivity contribution in [1.82, 2.24) is 10.3 Å². The Morgan fingerprint density at radius 2 is 1.86 bits per heavy atom. The molecule has 1 aliphatic heterocycles. The molecule has 7 atom stereocenters. The average Bonchev–Trinajstić information content (AvgIpc) is 3.24. The van der Waals surface area contributed by atoms with Crippen LogP contribution in [0.1, 0.15) is 78.1 Å². The van der Waals surface area contributed by atoms with Crippen molar-refractivity contribution in [3.05, 3.63) is 0 Å². The van der Waals surface area contributed by atoms with Gasteiger partial charge in [-0.3, -0.25) is 0 Å². The predicted octanol–water partition coefficient (Wildman–Crippen LogP) is 4.91. The van der Waals surface area contributed by atoms with Crippen LogP contribution in [0.15, 0.2) is 10.1 Å². The number of nitrogens with zero attached hydrogens (tertiary/aromatic N) is 3. The van der Waals surface area contributed by atoms with Crippen molar-refractivity contribution in [2.75, 3.05) is 20.1 Å². The minimum atomic E-state index is 0.466. The number of likely N-dealkylation sites (N-methyl/N-ethyl adjacent to an activating group) is 1. The Kier molecular flexibility index (Phi) is 4.75. The van der Waals surface area contributed by atoms with Gasteiger partial charge in [0.15, 0.2) is 0 Å². The van der Waals surface area contributed by atoms with E-state index in [1.54, 1.807) is 0 Å². The first kappa shape index (κ1) is 18.9. The Hall–Kier alpha value is -1.06. The zero-order valence-electron chi connectivity index (χ0n) is 18.3. The summed E-state index contributed by atoms with van der Waals surface area (Å²) in [7, 11) is 2.09. The Balaban J connectivity index is 1.30. The first-order chi connectivity index (χ1) is 13.5. The van der Waals surface area contributed by atoms with Crippen LogP contribution in [0.3, 0.4) is 0 Å².